The van der Waals surface area contributed by atoms with Crippen LogP contribution in [0.1, 0.15) is 23.7 Å². The van der Waals surface area contributed by atoms with Crippen LogP contribution in [0.4, 0.5) is 0 Å². The highest BCUT2D eigenvalue weighted by Crippen LogP contribution is 2.01. The molecule has 1 atom stereocenters. The fourth-order valence-corrected chi connectivity index (χ4v) is 1.58. The lowest BCUT2D eigenvalue weighted by Gasteiger charge is -2.16. The zero-order chi connectivity index (χ0) is 14.8. The first-order chi connectivity index (χ1) is 9.69. The number of nitrogens with one attached hydrogen (secondary N) is 2. The van der Waals surface area contributed by atoms with Gasteiger partial charge in [0.2, 0.25) is 5.91 Å². The number of allylic oxidation sites excluding steroid dienone is 1. The minimum absolute atomic E-state index is 0.0770. The van der Waals surface area contributed by atoms with Gasteiger partial charge in [0.25, 0.3) is 5.91 Å². The number of hydrogen-bond acceptors (Lipinski definition) is 3. The smallest absolute Gasteiger partial charge is 0.251 e. The van der Waals surface area contributed by atoms with Crippen LogP contribution in [0, 0.1) is 11.3 Å². The van der Waals surface area contributed by atoms with Crippen LogP contribution in [-0.4, -0.2) is 24.4 Å². The maximum atomic E-state index is 12.0. The standard InChI is InChI=1S/C15H17N3O2/c1-2-3-9-13(15(20)17-11-10-16)18-14(19)12-7-5-4-6-8-12/h2-8,13H,9,11H2,1H3,(H,17,20)(H,18,19)/b3-2+. The first-order valence-corrected chi connectivity index (χ1v) is 6.30. The molecule has 2 amide bonds. The van der Waals surface area contributed by atoms with E-state index in [1.165, 1.54) is 0 Å². The Kier molecular flexibility index (Phi) is 6.55. The summed E-state index contributed by atoms with van der Waals surface area (Å²) >= 11 is 0. The zero-order valence-electron chi connectivity index (χ0n) is 11.3. The van der Waals surface area contributed by atoms with Crippen LogP contribution in [0.25, 0.3) is 0 Å². The molecule has 0 heterocycles. The Bertz CT molecular complexity index is 518. The summed E-state index contributed by atoms with van der Waals surface area (Å²) in [6.45, 7) is 1.76. The van der Waals surface area contributed by atoms with E-state index < -0.39 is 6.04 Å². The molecule has 0 fully saturated rings. The summed E-state index contributed by atoms with van der Waals surface area (Å²) in [5.74, 6) is -0.679. The number of carbonyl (C=O) groups excluding carboxylic acids is 2. The minimum atomic E-state index is -0.688. The Hall–Kier alpha value is -2.61. The van der Waals surface area contributed by atoms with E-state index in [4.69, 9.17) is 5.26 Å². The number of rotatable bonds is 6. The van der Waals surface area contributed by atoms with Crippen LogP contribution < -0.4 is 10.6 Å². The van der Waals surface area contributed by atoms with E-state index >= 15 is 0 Å². The number of carbonyl (C=O) groups is 2. The molecule has 0 radical (unpaired) electrons. The Labute approximate surface area is 118 Å². The molecule has 0 aliphatic heterocycles. The van der Waals surface area contributed by atoms with E-state index in [2.05, 4.69) is 10.6 Å². The highest BCUT2D eigenvalue weighted by Gasteiger charge is 2.19. The summed E-state index contributed by atoms with van der Waals surface area (Å²) in [4.78, 5) is 23.9. The van der Waals surface area contributed by atoms with Gasteiger partial charge >= 0.3 is 0 Å². The van der Waals surface area contributed by atoms with Gasteiger partial charge in [-0.05, 0) is 25.5 Å². The second-order valence-corrected chi connectivity index (χ2v) is 4.07. The van der Waals surface area contributed by atoms with Crippen molar-refractivity contribution in [3.05, 3.63) is 48.0 Å². The predicted octanol–water partition coefficient (Wildman–Crippen LogP) is 1.39. The Morgan fingerprint density at radius 2 is 2.05 bits per heavy atom. The second-order valence-electron chi connectivity index (χ2n) is 4.07. The van der Waals surface area contributed by atoms with Crippen molar-refractivity contribution in [2.24, 2.45) is 0 Å². The zero-order valence-corrected chi connectivity index (χ0v) is 11.3. The fourth-order valence-electron chi connectivity index (χ4n) is 1.58. The molecule has 104 valence electrons. The maximum Gasteiger partial charge on any atom is 0.251 e. The molecule has 1 rings (SSSR count). The van der Waals surface area contributed by atoms with Gasteiger partial charge in [-0.2, -0.15) is 5.26 Å². The summed E-state index contributed by atoms with van der Waals surface area (Å²) in [5.41, 5.74) is 0.492. The summed E-state index contributed by atoms with van der Waals surface area (Å²) in [6.07, 6.45) is 3.98. The van der Waals surface area contributed by atoms with Gasteiger partial charge in [0.05, 0.1) is 6.07 Å². The normalized spacial score (nSPS) is 11.6. The number of nitriles is 1. The summed E-state index contributed by atoms with van der Waals surface area (Å²) < 4.78 is 0. The van der Waals surface area contributed by atoms with Crippen LogP contribution >= 0.6 is 0 Å². The van der Waals surface area contributed by atoms with Crippen molar-refractivity contribution in [1.82, 2.24) is 10.6 Å². The largest absolute Gasteiger partial charge is 0.341 e. The number of amides is 2. The van der Waals surface area contributed by atoms with Crippen LogP contribution in [0.3, 0.4) is 0 Å². The van der Waals surface area contributed by atoms with Gasteiger partial charge in [0, 0.05) is 5.56 Å². The van der Waals surface area contributed by atoms with Crippen molar-refractivity contribution in [3.63, 3.8) is 0 Å². The fraction of sp³-hybridized carbons (Fsp3) is 0.267. The van der Waals surface area contributed by atoms with Crippen molar-refractivity contribution in [2.75, 3.05) is 6.54 Å². The summed E-state index contributed by atoms with van der Waals surface area (Å²) in [6, 6.07) is 9.82. The van der Waals surface area contributed by atoms with Gasteiger partial charge in [-0.25, -0.2) is 0 Å². The third-order valence-electron chi connectivity index (χ3n) is 2.61. The molecule has 5 nitrogen and oxygen atoms in total. The van der Waals surface area contributed by atoms with Crippen LogP contribution in [0.2, 0.25) is 0 Å². The van der Waals surface area contributed by atoms with Crippen LogP contribution in [-0.2, 0) is 4.79 Å². The molecule has 0 spiro atoms. The lowest BCUT2D eigenvalue weighted by molar-refractivity contribution is -0.122. The third-order valence-corrected chi connectivity index (χ3v) is 2.61. The van der Waals surface area contributed by atoms with E-state index in [-0.39, 0.29) is 18.4 Å². The van der Waals surface area contributed by atoms with Crippen LogP contribution in [0.5, 0.6) is 0 Å². The molecule has 1 aromatic rings. The molecule has 0 bridgehead atoms. The maximum absolute atomic E-state index is 12.0. The molecule has 1 unspecified atom stereocenters. The van der Waals surface area contributed by atoms with E-state index in [0.29, 0.717) is 12.0 Å². The van der Waals surface area contributed by atoms with Crippen molar-refractivity contribution in [2.45, 2.75) is 19.4 Å². The molecular weight excluding hydrogens is 254 g/mol. The molecule has 0 saturated carbocycles. The summed E-state index contributed by atoms with van der Waals surface area (Å²) in [7, 11) is 0. The first kappa shape index (κ1) is 15.4. The van der Waals surface area contributed by atoms with Gasteiger partial charge in [-0.3, -0.25) is 9.59 Å². The van der Waals surface area contributed by atoms with E-state index in [9.17, 15) is 9.59 Å². The Morgan fingerprint density at radius 1 is 1.35 bits per heavy atom. The van der Waals surface area contributed by atoms with Crippen LogP contribution in [0.15, 0.2) is 42.5 Å². The molecule has 0 aromatic heterocycles. The number of hydrogen-bond donors (Lipinski definition) is 2. The highest BCUT2D eigenvalue weighted by atomic mass is 16.2. The molecule has 0 aliphatic rings. The Morgan fingerprint density at radius 3 is 2.65 bits per heavy atom. The number of nitrogens with zero attached hydrogens (tertiary/aromatic N) is 1. The van der Waals surface area contributed by atoms with Crippen molar-refractivity contribution in [1.29, 1.82) is 5.26 Å². The molecular formula is C15H17N3O2. The minimum Gasteiger partial charge on any atom is -0.341 e. The SMILES string of the molecule is C/C=C/CC(NC(=O)c1ccccc1)C(=O)NCC#N. The lowest BCUT2D eigenvalue weighted by atomic mass is 10.1. The highest BCUT2D eigenvalue weighted by molar-refractivity contribution is 5.97. The summed E-state index contributed by atoms with van der Waals surface area (Å²) in [5, 5.41) is 13.6. The quantitative estimate of drug-likeness (QED) is 0.606. The van der Waals surface area contributed by atoms with Gasteiger partial charge < -0.3 is 10.6 Å². The molecule has 0 saturated heterocycles. The number of benzene rings is 1. The van der Waals surface area contributed by atoms with E-state index in [1.807, 2.05) is 19.1 Å². The first-order valence-electron chi connectivity index (χ1n) is 6.30. The van der Waals surface area contributed by atoms with Gasteiger partial charge in [-0.1, -0.05) is 30.4 Å². The average Bonchev–Trinajstić information content (AvgIpc) is 2.49. The third kappa shape index (κ3) is 4.94. The monoisotopic (exact) mass is 271 g/mol. The van der Waals surface area contributed by atoms with Crippen molar-refractivity contribution in [3.8, 4) is 6.07 Å². The predicted molar refractivity (Wildman–Crippen MR) is 75.7 cm³/mol. The van der Waals surface area contributed by atoms with E-state index in [0.717, 1.165) is 0 Å². The van der Waals surface area contributed by atoms with Gasteiger partial charge in [0.15, 0.2) is 0 Å². The van der Waals surface area contributed by atoms with Gasteiger partial charge in [0.1, 0.15) is 12.6 Å². The molecule has 5 heteroatoms. The molecule has 2 N–H and O–H groups in total. The topological polar surface area (TPSA) is 82.0 Å². The van der Waals surface area contributed by atoms with Crippen molar-refractivity contribution < 1.29 is 9.59 Å². The molecule has 1 aromatic carbocycles. The lowest BCUT2D eigenvalue weighted by Crippen LogP contribution is -2.46. The second kappa shape index (κ2) is 8.48. The van der Waals surface area contributed by atoms with Gasteiger partial charge in [-0.15, -0.1) is 0 Å². The molecule has 0 aliphatic carbocycles. The van der Waals surface area contributed by atoms with Crippen molar-refractivity contribution >= 4 is 11.8 Å². The van der Waals surface area contributed by atoms with E-state index in [1.54, 1.807) is 36.4 Å². The average molecular weight is 271 g/mol. The molecule has 20 heavy (non-hydrogen) atoms. The Balaban J connectivity index is 2.71.